The van der Waals surface area contributed by atoms with E-state index in [1.165, 1.54) is 29.5 Å². The molecule has 104 valence electrons. The molecule has 1 unspecified atom stereocenters. The number of hydrogen-bond acceptors (Lipinski definition) is 2. The number of benzene rings is 2. The zero-order valence-electron chi connectivity index (χ0n) is 12.1. The molecule has 0 bridgehead atoms. The average molecular weight is 267 g/mol. The van der Waals surface area contributed by atoms with Crippen molar-refractivity contribution in [3.05, 3.63) is 64.7 Å². The third-order valence-corrected chi connectivity index (χ3v) is 3.84. The van der Waals surface area contributed by atoms with Crippen LogP contribution in [0, 0.1) is 13.8 Å². The number of hydrogen-bond donors (Lipinski definition) is 1. The molecule has 1 fully saturated rings. The molecule has 0 saturated heterocycles. The van der Waals surface area contributed by atoms with Crippen LogP contribution in [-0.2, 0) is 0 Å². The highest BCUT2D eigenvalue weighted by Crippen LogP contribution is 2.29. The molecule has 0 radical (unpaired) electrons. The standard InChI is InChI=1S/C18H21NO/c1-12-3-4-13(2)17(11-12)18(19)14-5-7-15(8-6-14)20-16-9-10-16/h3-8,11,16,18H,9-10,19H2,1-2H3. The Morgan fingerprint density at radius 3 is 2.40 bits per heavy atom. The van der Waals surface area contributed by atoms with Crippen LogP contribution >= 0.6 is 0 Å². The Labute approximate surface area is 120 Å². The maximum absolute atomic E-state index is 6.41. The number of nitrogens with two attached hydrogens (primary N) is 1. The Bertz CT molecular complexity index is 599. The molecule has 2 heteroatoms. The van der Waals surface area contributed by atoms with Crippen molar-refractivity contribution in [1.29, 1.82) is 0 Å². The fourth-order valence-corrected chi connectivity index (χ4v) is 2.41. The van der Waals surface area contributed by atoms with Crippen molar-refractivity contribution in [3.8, 4) is 5.75 Å². The lowest BCUT2D eigenvalue weighted by Gasteiger charge is -2.16. The molecule has 20 heavy (non-hydrogen) atoms. The topological polar surface area (TPSA) is 35.2 Å². The molecule has 1 aliphatic carbocycles. The van der Waals surface area contributed by atoms with E-state index in [2.05, 4.69) is 44.2 Å². The van der Waals surface area contributed by atoms with Gasteiger partial charge in [0.05, 0.1) is 12.1 Å². The van der Waals surface area contributed by atoms with Crippen LogP contribution in [0.2, 0.25) is 0 Å². The Kier molecular flexibility index (Phi) is 3.49. The highest BCUT2D eigenvalue weighted by Gasteiger charge is 2.23. The van der Waals surface area contributed by atoms with Crippen LogP contribution in [0.1, 0.15) is 41.1 Å². The molecule has 0 amide bonds. The van der Waals surface area contributed by atoms with Crippen molar-refractivity contribution in [1.82, 2.24) is 0 Å². The van der Waals surface area contributed by atoms with Crippen LogP contribution < -0.4 is 10.5 Å². The molecule has 0 aromatic heterocycles. The van der Waals surface area contributed by atoms with Gasteiger partial charge in [-0.1, -0.05) is 35.9 Å². The summed E-state index contributed by atoms with van der Waals surface area (Å²) in [4.78, 5) is 0. The highest BCUT2D eigenvalue weighted by atomic mass is 16.5. The Hall–Kier alpha value is -1.80. The van der Waals surface area contributed by atoms with E-state index in [-0.39, 0.29) is 6.04 Å². The number of rotatable bonds is 4. The second-order valence-corrected chi connectivity index (χ2v) is 5.72. The van der Waals surface area contributed by atoms with Crippen molar-refractivity contribution < 1.29 is 4.74 Å². The summed E-state index contributed by atoms with van der Waals surface area (Å²) in [5.41, 5.74) is 11.2. The first-order valence-electron chi connectivity index (χ1n) is 7.23. The second-order valence-electron chi connectivity index (χ2n) is 5.72. The average Bonchev–Trinajstić information content (AvgIpc) is 3.26. The van der Waals surface area contributed by atoms with Gasteiger partial charge in [-0.05, 0) is 55.5 Å². The number of aryl methyl sites for hydroxylation is 2. The fourth-order valence-electron chi connectivity index (χ4n) is 2.41. The molecule has 3 rings (SSSR count). The summed E-state index contributed by atoms with van der Waals surface area (Å²) < 4.78 is 5.77. The molecule has 1 saturated carbocycles. The minimum Gasteiger partial charge on any atom is -0.490 e. The van der Waals surface area contributed by atoms with Crippen LogP contribution in [0.4, 0.5) is 0 Å². The summed E-state index contributed by atoms with van der Waals surface area (Å²) in [5.74, 6) is 0.949. The first kappa shape index (κ1) is 13.2. The van der Waals surface area contributed by atoms with Crippen LogP contribution in [-0.4, -0.2) is 6.10 Å². The van der Waals surface area contributed by atoms with Gasteiger partial charge in [-0.15, -0.1) is 0 Å². The quantitative estimate of drug-likeness (QED) is 0.912. The minimum absolute atomic E-state index is 0.0788. The monoisotopic (exact) mass is 267 g/mol. The van der Waals surface area contributed by atoms with Crippen molar-refractivity contribution in [2.45, 2.75) is 38.8 Å². The Morgan fingerprint density at radius 1 is 1.05 bits per heavy atom. The van der Waals surface area contributed by atoms with Crippen LogP contribution in [0.15, 0.2) is 42.5 Å². The van der Waals surface area contributed by atoms with Gasteiger partial charge in [0.15, 0.2) is 0 Å². The predicted octanol–water partition coefficient (Wildman–Crippen LogP) is 3.89. The van der Waals surface area contributed by atoms with Gasteiger partial charge in [0.1, 0.15) is 5.75 Å². The van der Waals surface area contributed by atoms with E-state index in [0.29, 0.717) is 6.10 Å². The van der Waals surface area contributed by atoms with Crippen LogP contribution in [0.5, 0.6) is 5.75 Å². The first-order valence-corrected chi connectivity index (χ1v) is 7.23. The highest BCUT2D eigenvalue weighted by molar-refractivity contribution is 5.40. The third-order valence-electron chi connectivity index (χ3n) is 3.84. The van der Waals surface area contributed by atoms with E-state index >= 15 is 0 Å². The molecule has 0 heterocycles. The summed E-state index contributed by atoms with van der Waals surface area (Å²) in [6.07, 6.45) is 2.81. The van der Waals surface area contributed by atoms with E-state index in [1.54, 1.807) is 0 Å². The molecule has 1 aliphatic rings. The lowest BCUT2D eigenvalue weighted by Crippen LogP contribution is -2.13. The van der Waals surface area contributed by atoms with E-state index in [0.717, 1.165) is 11.3 Å². The summed E-state index contributed by atoms with van der Waals surface area (Å²) in [6, 6.07) is 14.6. The summed E-state index contributed by atoms with van der Waals surface area (Å²) in [5, 5.41) is 0. The molecular formula is C18H21NO. The Morgan fingerprint density at radius 2 is 1.75 bits per heavy atom. The normalized spacial score (nSPS) is 15.9. The van der Waals surface area contributed by atoms with Gasteiger partial charge in [-0.25, -0.2) is 0 Å². The van der Waals surface area contributed by atoms with Gasteiger partial charge in [0.25, 0.3) is 0 Å². The van der Waals surface area contributed by atoms with E-state index < -0.39 is 0 Å². The van der Waals surface area contributed by atoms with E-state index in [1.807, 2.05) is 12.1 Å². The molecular weight excluding hydrogens is 246 g/mol. The Balaban J connectivity index is 1.81. The van der Waals surface area contributed by atoms with E-state index in [9.17, 15) is 0 Å². The third kappa shape index (κ3) is 2.86. The fraction of sp³-hybridized carbons (Fsp3) is 0.333. The second kappa shape index (κ2) is 5.29. The van der Waals surface area contributed by atoms with Crippen molar-refractivity contribution in [2.24, 2.45) is 5.73 Å². The largest absolute Gasteiger partial charge is 0.490 e. The smallest absolute Gasteiger partial charge is 0.119 e. The SMILES string of the molecule is Cc1ccc(C)c(C(N)c2ccc(OC3CC3)cc2)c1. The zero-order valence-corrected chi connectivity index (χ0v) is 12.1. The van der Waals surface area contributed by atoms with Crippen molar-refractivity contribution >= 4 is 0 Å². The van der Waals surface area contributed by atoms with Gasteiger partial charge < -0.3 is 10.5 Å². The summed E-state index contributed by atoms with van der Waals surface area (Å²) >= 11 is 0. The lowest BCUT2D eigenvalue weighted by molar-refractivity contribution is 0.303. The molecule has 2 aromatic carbocycles. The molecule has 0 aliphatic heterocycles. The molecule has 0 spiro atoms. The zero-order chi connectivity index (χ0) is 14.1. The summed E-state index contributed by atoms with van der Waals surface area (Å²) in [7, 11) is 0. The molecule has 2 nitrogen and oxygen atoms in total. The minimum atomic E-state index is -0.0788. The van der Waals surface area contributed by atoms with Gasteiger partial charge in [-0.2, -0.15) is 0 Å². The van der Waals surface area contributed by atoms with Gasteiger partial charge in [0.2, 0.25) is 0 Å². The van der Waals surface area contributed by atoms with E-state index in [4.69, 9.17) is 10.5 Å². The van der Waals surface area contributed by atoms with Gasteiger partial charge in [-0.3, -0.25) is 0 Å². The predicted molar refractivity (Wildman–Crippen MR) is 82.0 cm³/mol. The maximum Gasteiger partial charge on any atom is 0.119 e. The van der Waals surface area contributed by atoms with Crippen LogP contribution in [0.25, 0.3) is 0 Å². The van der Waals surface area contributed by atoms with Gasteiger partial charge in [0, 0.05) is 0 Å². The molecule has 1 atom stereocenters. The first-order chi connectivity index (χ1) is 9.63. The lowest BCUT2D eigenvalue weighted by atomic mass is 9.94. The maximum atomic E-state index is 6.41. The van der Waals surface area contributed by atoms with Crippen molar-refractivity contribution in [2.75, 3.05) is 0 Å². The molecule has 2 aromatic rings. The van der Waals surface area contributed by atoms with Crippen molar-refractivity contribution in [3.63, 3.8) is 0 Å². The number of ether oxygens (including phenoxy) is 1. The molecule has 2 N–H and O–H groups in total. The van der Waals surface area contributed by atoms with Crippen LogP contribution in [0.3, 0.4) is 0 Å². The van der Waals surface area contributed by atoms with Gasteiger partial charge >= 0.3 is 0 Å². The summed E-state index contributed by atoms with van der Waals surface area (Å²) in [6.45, 7) is 4.21.